The Kier molecular flexibility index (Phi) is 5.25. The molecule has 0 unspecified atom stereocenters. The van der Waals surface area contributed by atoms with Crippen LogP contribution in [0.4, 0.5) is 11.4 Å². The van der Waals surface area contributed by atoms with Crippen LogP contribution in [0.5, 0.6) is 0 Å². The minimum atomic E-state index is 1.03. The Labute approximate surface area is 152 Å². The van der Waals surface area contributed by atoms with Gasteiger partial charge in [0, 0.05) is 37.6 Å². The van der Waals surface area contributed by atoms with Crippen LogP contribution >= 0.6 is 0 Å². The van der Waals surface area contributed by atoms with Crippen molar-refractivity contribution in [3.63, 3.8) is 0 Å². The maximum absolute atomic E-state index is 2.66. The molecule has 0 N–H and O–H groups in total. The molecule has 0 saturated carbocycles. The lowest BCUT2D eigenvalue weighted by Gasteiger charge is -2.28. The van der Waals surface area contributed by atoms with Gasteiger partial charge in [-0.15, -0.1) is 0 Å². The van der Waals surface area contributed by atoms with Crippen LogP contribution in [0.3, 0.4) is 0 Å². The van der Waals surface area contributed by atoms with Gasteiger partial charge >= 0.3 is 0 Å². The maximum atomic E-state index is 2.66. The Hall–Kier alpha value is -1.96. The van der Waals surface area contributed by atoms with Gasteiger partial charge in [-0.1, -0.05) is 49.2 Å². The Morgan fingerprint density at radius 2 is 1.28 bits per heavy atom. The predicted molar refractivity (Wildman–Crippen MR) is 108 cm³/mol. The molecule has 132 valence electrons. The van der Waals surface area contributed by atoms with Gasteiger partial charge < -0.3 is 9.80 Å². The van der Waals surface area contributed by atoms with Crippen molar-refractivity contribution in [2.75, 3.05) is 36.0 Å². The van der Waals surface area contributed by atoms with Gasteiger partial charge in [-0.3, -0.25) is 0 Å². The first-order valence-corrected chi connectivity index (χ1v) is 10.1. The van der Waals surface area contributed by atoms with E-state index in [2.05, 4.69) is 58.3 Å². The monoisotopic (exact) mass is 334 g/mol. The van der Waals surface area contributed by atoms with Crippen LogP contribution in [0.15, 0.2) is 48.5 Å². The molecule has 0 spiro atoms. The van der Waals surface area contributed by atoms with Crippen LogP contribution < -0.4 is 9.80 Å². The molecule has 2 aliphatic heterocycles. The largest absolute Gasteiger partial charge is 0.371 e. The average molecular weight is 335 g/mol. The lowest BCUT2D eigenvalue weighted by molar-refractivity contribution is 0.726. The molecule has 2 aromatic carbocycles. The van der Waals surface area contributed by atoms with Crippen LogP contribution in [0.1, 0.15) is 49.7 Å². The highest BCUT2D eigenvalue weighted by molar-refractivity contribution is 5.65. The first-order valence-electron chi connectivity index (χ1n) is 10.1. The highest BCUT2D eigenvalue weighted by atomic mass is 15.2. The molecule has 0 aromatic heterocycles. The Balaban J connectivity index is 1.65. The summed E-state index contributed by atoms with van der Waals surface area (Å²) in [5, 5.41) is 0. The van der Waals surface area contributed by atoms with Gasteiger partial charge in [0.1, 0.15) is 0 Å². The highest BCUT2D eigenvalue weighted by Gasteiger charge is 2.18. The van der Waals surface area contributed by atoms with Crippen molar-refractivity contribution in [1.29, 1.82) is 0 Å². The van der Waals surface area contributed by atoms with E-state index in [9.17, 15) is 0 Å². The molecule has 2 nitrogen and oxygen atoms in total. The lowest BCUT2D eigenvalue weighted by atomic mass is 10.0. The minimum absolute atomic E-state index is 1.03. The van der Waals surface area contributed by atoms with Gasteiger partial charge in [-0.25, -0.2) is 0 Å². The number of anilines is 2. The summed E-state index contributed by atoms with van der Waals surface area (Å²) in [6, 6.07) is 18.1. The first-order chi connectivity index (χ1) is 12.4. The van der Waals surface area contributed by atoms with Crippen LogP contribution in [0, 0.1) is 0 Å². The molecule has 2 aromatic rings. The first kappa shape index (κ1) is 16.5. The Morgan fingerprint density at radius 3 is 2.00 bits per heavy atom. The quantitative estimate of drug-likeness (QED) is 0.752. The van der Waals surface area contributed by atoms with Crippen LogP contribution in [-0.2, 0) is 6.42 Å². The van der Waals surface area contributed by atoms with Crippen molar-refractivity contribution >= 4 is 11.4 Å². The van der Waals surface area contributed by atoms with E-state index >= 15 is 0 Å². The van der Waals surface area contributed by atoms with Crippen molar-refractivity contribution in [3.8, 4) is 0 Å². The molecule has 2 fully saturated rings. The van der Waals surface area contributed by atoms with Gasteiger partial charge in [-0.2, -0.15) is 0 Å². The van der Waals surface area contributed by atoms with Gasteiger partial charge in [0.15, 0.2) is 0 Å². The fourth-order valence-electron chi connectivity index (χ4n) is 4.30. The van der Waals surface area contributed by atoms with E-state index < -0.39 is 0 Å². The van der Waals surface area contributed by atoms with E-state index in [1.165, 1.54) is 87.2 Å². The maximum Gasteiger partial charge on any atom is 0.0422 e. The smallest absolute Gasteiger partial charge is 0.0422 e. The normalized spacial score (nSPS) is 18.4. The molecular weight excluding hydrogens is 304 g/mol. The fourth-order valence-corrected chi connectivity index (χ4v) is 4.30. The van der Waals surface area contributed by atoms with Crippen LogP contribution in [0.2, 0.25) is 0 Å². The van der Waals surface area contributed by atoms with Crippen molar-refractivity contribution in [2.24, 2.45) is 0 Å². The topological polar surface area (TPSA) is 6.48 Å². The molecule has 2 aliphatic rings. The molecule has 2 saturated heterocycles. The van der Waals surface area contributed by atoms with Crippen molar-refractivity contribution in [2.45, 2.75) is 44.9 Å². The van der Waals surface area contributed by atoms with Gasteiger partial charge in [-0.05, 0) is 55.4 Å². The number of hydrogen-bond donors (Lipinski definition) is 0. The standard InChI is InChI=1S/C23H30N2/c1-2-7-17-25(16-6-1)23-19-22(24-14-8-9-15-24)13-12-21(23)18-20-10-4-3-5-11-20/h3-5,10-13,19H,1-2,6-9,14-18H2. The molecule has 0 atom stereocenters. The van der Waals surface area contributed by atoms with Crippen LogP contribution in [-0.4, -0.2) is 26.2 Å². The fraction of sp³-hybridized carbons (Fsp3) is 0.478. The number of benzene rings is 2. The average Bonchev–Trinajstić information content (AvgIpc) is 3.06. The molecule has 2 heteroatoms. The van der Waals surface area contributed by atoms with Crippen molar-refractivity contribution < 1.29 is 0 Å². The summed E-state index contributed by atoms with van der Waals surface area (Å²) in [6.45, 7) is 4.87. The van der Waals surface area contributed by atoms with Gasteiger partial charge in [0.05, 0.1) is 0 Å². The molecule has 0 amide bonds. The molecule has 0 aliphatic carbocycles. The SMILES string of the molecule is c1ccc(Cc2ccc(N3CCCC3)cc2N2CCCCCC2)cc1. The molecule has 4 rings (SSSR count). The van der Waals surface area contributed by atoms with E-state index in [1.807, 2.05) is 0 Å². The molecular formula is C23H30N2. The summed E-state index contributed by atoms with van der Waals surface area (Å²) in [6.07, 6.45) is 9.15. The van der Waals surface area contributed by atoms with E-state index in [1.54, 1.807) is 0 Å². The Bertz CT molecular complexity index is 666. The summed E-state index contributed by atoms with van der Waals surface area (Å²) in [7, 11) is 0. The second kappa shape index (κ2) is 7.95. The highest BCUT2D eigenvalue weighted by Crippen LogP contribution is 2.32. The van der Waals surface area contributed by atoms with Crippen molar-refractivity contribution in [3.05, 3.63) is 59.7 Å². The van der Waals surface area contributed by atoms with Crippen LogP contribution in [0.25, 0.3) is 0 Å². The molecule has 0 radical (unpaired) electrons. The summed E-state index contributed by atoms with van der Waals surface area (Å²) in [5.41, 5.74) is 5.80. The van der Waals surface area contributed by atoms with E-state index in [0.29, 0.717) is 0 Å². The van der Waals surface area contributed by atoms with E-state index in [4.69, 9.17) is 0 Å². The zero-order valence-electron chi connectivity index (χ0n) is 15.3. The minimum Gasteiger partial charge on any atom is -0.371 e. The van der Waals surface area contributed by atoms with E-state index in [0.717, 1.165) is 6.42 Å². The van der Waals surface area contributed by atoms with Gasteiger partial charge in [0.25, 0.3) is 0 Å². The molecule has 0 bridgehead atoms. The van der Waals surface area contributed by atoms with E-state index in [-0.39, 0.29) is 0 Å². The third-order valence-electron chi connectivity index (χ3n) is 5.72. The third-order valence-corrected chi connectivity index (χ3v) is 5.72. The third kappa shape index (κ3) is 4.00. The summed E-state index contributed by atoms with van der Waals surface area (Å²) >= 11 is 0. The number of nitrogens with zero attached hydrogens (tertiary/aromatic N) is 2. The zero-order valence-corrected chi connectivity index (χ0v) is 15.3. The molecule has 2 heterocycles. The number of rotatable bonds is 4. The second-order valence-corrected chi connectivity index (χ2v) is 7.57. The van der Waals surface area contributed by atoms with Crippen molar-refractivity contribution in [1.82, 2.24) is 0 Å². The lowest BCUT2D eigenvalue weighted by Crippen LogP contribution is -2.26. The molecule has 25 heavy (non-hydrogen) atoms. The zero-order chi connectivity index (χ0) is 16.9. The second-order valence-electron chi connectivity index (χ2n) is 7.57. The predicted octanol–water partition coefficient (Wildman–Crippen LogP) is 5.26. The summed E-state index contributed by atoms with van der Waals surface area (Å²) < 4.78 is 0. The van der Waals surface area contributed by atoms with Gasteiger partial charge in [0.2, 0.25) is 0 Å². The number of hydrogen-bond acceptors (Lipinski definition) is 2. The summed E-state index contributed by atoms with van der Waals surface area (Å²) in [5.74, 6) is 0. The Morgan fingerprint density at radius 1 is 0.640 bits per heavy atom. The summed E-state index contributed by atoms with van der Waals surface area (Å²) in [4.78, 5) is 5.22.